The van der Waals surface area contributed by atoms with E-state index in [9.17, 15) is 8.42 Å². The topological polar surface area (TPSA) is 46.2 Å². The zero-order chi connectivity index (χ0) is 14.6. The summed E-state index contributed by atoms with van der Waals surface area (Å²) in [5.74, 6) is 0. The van der Waals surface area contributed by atoms with E-state index in [-0.39, 0.29) is 11.4 Å². The number of nitrogens with one attached hydrogen (secondary N) is 1. The van der Waals surface area contributed by atoms with Gasteiger partial charge in [-0.2, -0.15) is 0 Å². The largest absolute Gasteiger partial charge is 0.240 e. The molecule has 0 fully saturated rings. The number of hydrogen-bond donors (Lipinski definition) is 1. The van der Waals surface area contributed by atoms with Crippen molar-refractivity contribution in [2.45, 2.75) is 18.4 Å². The van der Waals surface area contributed by atoms with Crippen LogP contribution in [0.2, 0.25) is 0 Å². The molecule has 1 N–H and O–H groups in total. The van der Waals surface area contributed by atoms with Gasteiger partial charge in [0.1, 0.15) is 0 Å². The maximum Gasteiger partial charge on any atom is 0.240 e. The number of benzene rings is 2. The summed E-state index contributed by atoms with van der Waals surface area (Å²) in [6.45, 7) is 5.88. The average Bonchev–Trinajstić information content (AvgIpc) is 2.46. The lowest BCUT2D eigenvalue weighted by molar-refractivity contribution is 0.581. The van der Waals surface area contributed by atoms with Crippen LogP contribution in [0.15, 0.2) is 60.0 Å². The van der Waals surface area contributed by atoms with Crippen LogP contribution in [-0.2, 0) is 16.6 Å². The van der Waals surface area contributed by atoms with Gasteiger partial charge in [-0.15, -0.1) is 0 Å². The Balaban J connectivity index is 2.12. The van der Waals surface area contributed by atoms with Crippen LogP contribution >= 0.6 is 0 Å². The molecular formula is C16H17NO2S. The van der Waals surface area contributed by atoms with Gasteiger partial charge in [0, 0.05) is 6.54 Å². The first-order valence-corrected chi connectivity index (χ1v) is 7.77. The second kappa shape index (κ2) is 6.03. The van der Waals surface area contributed by atoms with Crippen LogP contribution in [0.3, 0.4) is 0 Å². The normalized spacial score (nSPS) is 11.2. The molecule has 0 spiro atoms. The monoisotopic (exact) mass is 287 g/mol. The van der Waals surface area contributed by atoms with Crippen molar-refractivity contribution in [2.24, 2.45) is 0 Å². The molecule has 0 atom stereocenters. The fourth-order valence-electron chi connectivity index (χ4n) is 1.81. The molecule has 0 aliphatic heterocycles. The van der Waals surface area contributed by atoms with E-state index >= 15 is 0 Å². The molecule has 0 heterocycles. The van der Waals surface area contributed by atoms with Gasteiger partial charge >= 0.3 is 0 Å². The van der Waals surface area contributed by atoms with Crippen LogP contribution < -0.4 is 4.72 Å². The molecule has 0 aliphatic rings. The van der Waals surface area contributed by atoms with Crippen molar-refractivity contribution in [3.63, 3.8) is 0 Å². The van der Waals surface area contributed by atoms with Crippen LogP contribution in [0.25, 0.3) is 6.08 Å². The van der Waals surface area contributed by atoms with Crippen LogP contribution in [0.1, 0.15) is 16.7 Å². The lowest BCUT2D eigenvalue weighted by Gasteiger charge is -2.07. The fraction of sp³-hybridized carbons (Fsp3) is 0.125. The minimum Gasteiger partial charge on any atom is -0.207 e. The summed E-state index contributed by atoms with van der Waals surface area (Å²) in [6, 6.07) is 14.4. The fourth-order valence-corrected chi connectivity index (χ4v) is 2.83. The van der Waals surface area contributed by atoms with E-state index < -0.39 is 10.0 Å². The Morgan fingerprint density at radius 2 is 1.85 bits per heavy atom. The summed E-state index contributed by atoms with van der Waals surface area (Å²) < 4.78 is 26.9. The molecule has 2 aromatic carbocycles. The highest BCUT2D eigenvalue weighted by atomic mass is 32.2. The predicted molar refractivity (Wildman–Crippen MR) is 81.7 cm³/mol. The molecule has 0 radical (unpaired) electrons. The Morgan fingerprint density at radius 3 is 2.50 bits per heavy atom. The highest BCUT2D eigenvalue weighted by Gasteiger charge is 2.12. The zero-order valence-corrected chi connectivity index (χ0v) is 12.2. The van der Waals surface area contributed by atoms with Crippen molar-refractivity contribution in [3.8, 4) is 0 Å². The van der Waals surface area contributed by atoms with E-state index in [2.05, 4.69) is 11.3 Å². The average molecular weight is 287 g/mol. The summed E-state index contributed by atoms with van der Waals surface area (Å²) in [7, 11) is -3.47. The van der Waals surface area contributed by atoms with Gasteiger partial charge in [0.15, 0.2) is 0 Å². The lowest BCUT2D eigenvalue weighted by atomic mass is 10.1. The molecule has 0 saturated heterocycles. The molecule has 0 aromatic heterocycles. The summed E-state index contributed by atoms with van der Waals surface area (Å²) in [5, 5.41) is 0. The first kappa shape index (κ1) is 14.5. The Labute approximate surface area is 120 Å². The van der Waals surface area contributed by atoms with Gasteiger partial charge < -0.3 is 0 Å². The van der Waals surface area contributed by atoms with E-state index in [1.807, 2.05) is 31.2 Å². The van der Waals surface area contributed by atoms with Gasteiger partial charge in [0.25, 0.3) is 0 Å². The zero-order valence-electron chi connectivity index (χ0n) is 11.3. The van der Waals surface area contributed by atoms with Crippen molar-refractivity contribution < 1.29 is 8.42 Å². The molecule has 20 heavy (non-hydrogen) atoms. The predicted octanol–water partition coefficient (Wildman–Crippen LogP) is 3.12. The van der Waals surface area contributed by atoms with Crippen molar-refractivity contribution in [2.75, 3.05) is 0 Å². The lowest BCUT2D eigenvalue weighted by Crippen LogP contribution is -2.23. The van der Waals surface area contributed by atoms with Gasteiger partial charge in [0.2, 0.25) is 10.0 Å². The molecule has 0 unspecified atom stereocenters. The minimum atomic E-state index is -3.47. The summed E-state index contributed by atoms with van der Waals surface area (Å²) in [5.41, 5.74) is 2.90. The molecule has 0 bridgehead atoms. The molecule has 4 heteroatoms. The smallest absolute Gasteiger partial charge is 0.207 e. The molecule has 104 valence electrons. The van der Waals surface area contributed by atoms with Crippen LogP contribution in [0.5, 0.6) is 0 Å². The quantitative estimate of drug-likeness (QED) is 0.918. The molecule has 0 saturated carbocycles. The number of hydrogen-bond acceptors (Lipinski definition) is 2. The van der Waals surface area contributed by atoms with Gasteiger partial charge in [-0.25, -0.2) is 13.1 Å². The summed E-state index contributed by atoms with van der Waals surface area (Å²) in [4.78, 5) is 0.281. The Bertz CT molecular complexity index is 704. The minimum absolute atomic E-state index is 0.262. The highest BCUT2D eigenvalue weighted by Crippen LogP contribution is 2.11. The first-order chi connectivity index (χ1) is 9.51. The van der Waals surface area contributed by atoms with Crippen molar-refractivity contribution in [3.05, 3.63) is 71.8 Å². The summed E-state index contributed by atoms with van der Waals surface area (Å²) >= 11 is 0. The molecule has 0 amide bonds. The second-order valence-electron chi connectivity index (χ2n) is 4.59. The van der Waals surface area contributed by atoms with E-state index in [0.29, 0.717) is 0 Å². The highest BCUT2D eigenvalue weighted by molar-refractivity contribution is 7.89. The van der Waals surface area contributed by atoms with E-state index in [1.165, 1.54) is 0 Å². The second-order valence-corrected chi connectivity index (χ2v) is 6.35. The van der Waals surface area contributed by atoms with Gasteiger partial charge in [-0.05, 0) is 30.2 Å². The van der Waals surface area contributed by atoms with E-state index in [1.54, 1.807) is 30.3 Å². The van der Waals surface area contributed by atoms with Crippen LogP contribution in [0.4, 0.5) is 0 Å². The van der Waals surface area contributed by atoms with Gasteiger partial charge in [-0.3, -0.25) is 0 Å². The maximum absolute atomic E-state index is 12.1. The van der Waals surface area contributed by atoms with Crippen molar-refractivity contribution in [1.82, 2.24) is 4.72 Å². The third kappa shape index (κ3) is 3.56. The first-order valence-electron chi connectivity index (χ1n) is 6.29. The Kier molecular flexibility index (Phi) is 4.37. The third-order valence-electron chi connectivity index (χ3n) is 2.98. The molecule has 2 aromatic rings. The molecular weight excluding hydrogens is 270 g/mol. The Hall–Kier alpha value is -1.91. The third-order valence-corrected chi connectivity index (χ3v) is 4.40. The van der Waals surface area contributed by atoms with Crippen LogP contribution in [-0.4, -0.2) is 8.42 Å². The number of sulfonamides is 1. The van der Waals surface area contributed by atoms with Crippen molar-refractivity contribution in [1.29, 1.82) is 0 Å². The van der Waals surface area contributed by atoms with Gasteiger partial charge in [-0.1, -0.05) is 54.6 Å². The van der Waals surface area contributed by atoms with Gasteiger partial charge in [0.05, 0.1) is 4.90 Å². The Morgan fingerprint density at radius 1 is 1.15 bits per heavy atom. The maximum atomic E-state index is 12.1. The standard InChI is InChI=1S/C16H17NO2S/c1-3-14-5-4-6-15(11-14)12-17-20(18,19)16-9-7-13(2)8-10-16/h3-11,17H,1,12H2,2H3. The van der Waals surface area contributed by atoms with E-state index in [0.717, 1.165) is 16.7 Å². The molecule has 3 nitrogen and oxygen atoms in total. The number of rotatable bonds is 5. The molecule has 2 rings (SSSR count). The summed E-state index contributed by atoms with van der Waals surface area (Å²) in [6.07, 6.45) is 1.73. The number of aryl methyl sites for hydroxylation is 1. The van der Waals surface area contributed by atoms with Crippen molar-refractivity contribution >= 4 is 16.1 Å². The molecule has 0 aliphatic carbocycles. The SMILES string of the molecule is C=Cc1cccc(CNS(=O)(=O)c2ccc(C)cc2)c1. The van der Waals surface area contributed by atoms with E-state index in [4.69, 9.17) is 0 Å². The van der Waals surface area contributed by atoms with Crippen LogP contribution in [0, 0.1) is 6.92 Å².